The molecule has 0 unspecified atom stereocenters. The third-order valence-corrected chi connectivity index (χ3v) is 4.18. The molecule has 24 heavy (non-hydrogen) atoms. The molecule has 1 aliphatic heterocycles. The summed E-state index contributed by atoms with van der Waals surface area (Å²) in [5.74, 6) is -0.698. The van der Waals surface area contributed by atoms with Crippen molar-refractivity contribution in [3.8, 4) is 0 Å². The zero-order valence-electron chi connectivity index (χ0n) is 12.9. The summed E-state index contributed by atoms with van der Waals surface area (Å²) in [5.41, 5.74) is 1.55. The molecule has 0 saturated carbocycles. The summed E-state index contributed by atoms with van der Waals surface area (Å²) in [7, 11) is 0. The monoisotopic (exact) mass is 319 g/mol. The van der Waals surface area contributed by atoms with E-state index in [-0.39, 0.29) is 23.9 Å². The Balaban J connectivity index is 1.82. The van der Waals surface area contributed by atoms with Crippen molar-refractivity contribution in [1.82, 2.24) is 14.7 Å². The van der Waals surface area contributed by atoms with Gasteiger partial charge in [-0.2, -0.15) is 5.10 Å². The van der Waals surface area contributed by atoms with Crippen LogP contribution >= 0.6 is 0 Å². The van der Waals surface area contributed by atoms with Gasteiger partial charge >= 0.3 is 0 Å². The molecule has 0 saturated heterocycles. The van der Waals surface area contributed by atoms with Gasteiger partial charge in [0.05, 0.1) is 16.6 Å². The van der Waals surface area contributed by atoms with E-state index in [1.54, 1.807) is 55.5 Å². The summed E-state index contributed by atoms with van der Waals surface area (Å²) in [6.45, 7) is 1.58. The highest BCUT2D eigenvalue weighted by Gasteiger charge is 2.35. The largest absolute Gasteiger partial charge is 0.287 e. The highest BCUT2D eigenvalue weighted by molar-refractivity contribution is 6.21. The Kier molecular flexibility index (Phi) is 3.06. The molecule has 0 N–H and O–H groups in total. The SMILES string of the molecule is Cc1nn(CN2C(=O)c3ccccc3C2=O)c2ccccc2c1=O. The smallest absolute Gasteiger partial charge is 0.263 e. The van der Waals surface area contributed by atoms with Crippen molar-refractivity contribution in [3.05, 3.63) is 75.6 Å². The van der Waals surface area contributed by atoms with Crippen LogP contribution in [0.1, 0.15) is 26.4 Å². The second-order valence-corrected chi connectivity index (χ2v) is 5.66. The molecule has 0 radical (unpaired) electrons. The molecule has 0 bridgehead atoms. The fraction of sp³-hybridized carbons (Fsp3) is 0.111. The Morgan fingerprint density at radius 1 is 0.875 bits per heavy atom. The molecule has 2 aromatic carbocycles. The van der Waals surface area contributed by atoms with Gasteiger partial charge < -0.3 is 0 Å². The van der Waals surface area contributed by atoms with Crippen LogP contribution in [0.4, 0.5) is 0 Å². The third kappa shape index (κ3) is 1.96. The molecule has 0 aliphatic carbocycles. The van der Waals surface area contributed by atoms with Crippen LogP contribution in [0.2, 0.25) is 0 Å². The Hall–Kier alpha value is -3.28. The van der Waals surface area contributed by atoms with Gasteiger partial charge in [0.15, 0.2) is 0 Å². The van der Waals surface area contributed by atoms with Crippen molar-refractivity contribution in [3.63, 3.8) is 0 Å². The summed E-state index contributed by atoms with van der Waals surface area (Å²) >= 11 is 0. The van der Waals surface area contributed by atoms with Gasteiger partial charge in [0.2, 0.25) is 5.43 Å². The van der Waals surface area contributed by atoms with Gasteiger partial charge in [-0.15, -0.1) is 0 Å². The van der Waals surface area contributed by atoms with Crippen LogP contribution < -0.4 is 5.43 Å². The number of para-hydroxylation sites is 1. The molecule has 3 aromatic rings. The number of aryl methyl sites for hydroxylation is 1. The lowest BCUT2D eigenvalue weighted by Gasteiger charge is -2.17. The molecule has 2 heterocycles. The summed E-state index contributed by atoms with van der Waals surface area (Å²) in [6.07, 6.45) is 0. The number of nitrogens with zero attached hydrogens (tertiary/aromatic N) is 3. The number of hydrogen-bond acceptors (Lipinski definition) is 4. The number of hydrogen-bond donors (Lipinski definition) is 0. The van der Waals surface area contributed by atoms with E-state index in [4.69, 9.17) is 0 Å². The minimum absolute atomic E-state index is 0.0337. The maximum absolute atomic E-state index is 12.5. The minimum Gasteiger partial charge on any atom is -0.287 e. The number of rotatable bonds is 2. The van der Waals surface area contributed by atoms with Crippen LogP contribution in [0, 0.1) is 6.92 Å². The number of aromatic nitrogens is 2. The number of carbonyl (C=O) groups excluding carboxylic acids is 2. The van der Waals surface area contributed by atoms with Crippen LogP contribution in [-0.2, 0) is 6.67 Å². The van der Waals surface area contributed by atoms with Crippen LogP contribution in [-0.4, -0.2) is 26.5 Å². The van der Waals surface area contributed by atoms with Crippen molar-refractivity contribution in [2.45, 2.75) is 13.6 Å². The Morgan fingerprint density at radius 3 is 2.12 bits per heavy atom. The minimum atomic E-state index is -0.349. The van der Waals surface area contributed by atoms with E-state index in [2.05, 4.69) is 5.10 Å². The van der Waals surface area contributed by atoms with E-state index < -0.39 is 0 Å². The maximum atomic E-state index is 12.5. The van der Waals surface area contributed by atoms with Crippen molar-refractivity contribution in [1.29, 1.82) is 0 Å². The van der Waals surface area contributed by atoms with E-state index in [9.17, 15) is 14.4 Å². The van der Waals surface area contributed by atoms with Gasteiger partial charge in [0, 0.05) is 5.39 Å². The number of amides is 2. The predicted octanol–water partition coefficient (Wildman–Crippen LogP) is 1.96. The Morgan fingerprint density at radius 2 is 1.46 bits per heavy atom. The van der Waals surface area contributed by atoms with Gasteiger partial charge in [-0.1, -0.05) is 24.3 Å². The van der Waals surface area contributed by atoms with Crippen LogP contribution in [0.15, 0.2) is 53.3 Å². The highest BCUT2D eigenvalue weighted by Crippen LogP contribution is 2.23. The normalized spacial score (nSPS) is 13.6. The number of imide groups is 1. The molecule has 1 aromatic heterocycles. The van der Waals surface area contributed by atoms with Crippen LogP contribution in [0.5, 0.6) is 0 Å². The standard InChI is InChI=1S/C18H13N3O3/c1-11-16(22)14-8-4-5-9-15(14)21(19-11)10-20-17(23)12-6-2-3-7-13(12)18(20)24/h2-9H,10H2,1H3. The summed E-state index contributed by atoms with van der Waals surface area (Å²) in [4.78, 5) is 38.4. The highest BCUT2D eigenvalue weighted by atomic mass is 16.2. The van der Waals surface area contributed by atoms with Gasteiger partial charge in [0.1, 0.15) is 12.4 Å². The van der Waals surface area contributed by atoms with Crippen molar-refractivity contribution >= 4 is 22.7 Å². The fourth-order valence-corrected chi connectivity index (χ4v) is 2.98. The molecule has 6 heteroatoms. The average Bonchev–Trinajstić information content (AvgIpc) is 2.85. The molecular weight excluding hydrogens is 306 g/mol. The summed E-state index contributed by atoms with van der Waals surface area (Å²) < 4.78 is 1.52. The van der Waals surface area contributed by atoms with E-state index in [0.717, 1.165) is 4.90 Å². The second kappa shape index (κ2) is 5.13. The van der Waals surface area contributed by atoms with E-state index in [1.807, 2.05) is 0 Å². The quantitative estimate of drug-likeness (QED) is 0.677. The summed E-state index contributed by atoms with van der Waals surface area (Å²) in [6, 6.07) is 13.8. The van der Waals surface area contributed by atoms with E-state index in [0.29, 0.717) is 27.7 Å². The lowest BCUT2D eigenvalue weighted by molar-refractivity contribution is 0.0600. The maximum Gasteiger partial charge on any atom is 0.263 e. The first-order valence-corrected chi connectivity index (χ1v) is 7.49. The topological polar surface area (TPSA) is 72.3 Å². The lowest BCUT2D eigenvalue weighted by atomic mass is 10.1. The lowest BCUT2D eigenvalue weighted by Crippen LogP contribution is -2.33. The molecule has 4 rings (SSSR count). The average molecular weight is 319 g/mol. The first-order chi connectivity index (χ1) is 11.6. The van der Waals surface area contributed by atoms with Crippen molar-refractivity contribution in [2.75, 3.05) is 0 Å². The molecule has 2 amide bonds. The first-order valence-electron chi connectivity index (χ1n) is 7.49. The van der Waals surface area contributed by atoms with E-state index in [1.165, 1.54) is 4.68 Å². The molecule has 118 valence electrons. The number of carbonyl (C=O) groups is 2. The predicted molar refractivity (Wildman–Crippen MR) is 87.7 cm³/mol. The molecule has 1 aliphatic rings. The first kappa shape index (κ1) is 14.3. The van der Waals surface area contributed by atoms with E-state index >= 15 is 0 Å². The van der Waals surface area contributed by atoms with Gasteiger partial charge in [-0.25, -0.2) is 4.68 Å². The van der Waals surface area contributed by atoms with Gasteiger partial charge in [0.25, 0.3) is 11.8 Å². The van der Waals surface area contributed by atoms with Crippen LogP contribution in [0.3, 0.4) is 0 Å². The number of fused-ring (bicyclic) bond motifs is 2. The van der Waals surface area contributed by atoms with Gasteiger partial charge in [-0.05, 0) is 31.2 Å². The molecule has 0 fully saturated rings. The zero-order valence-corrected chi connectivity index (χ0v) is 12.9. The number of benzene rings is 2. The Labute approximate surface area is 136 Å². The Bertz CT molecular complexity index is 1030. The second-order valence-electron chi connectivity index (χ2n) is 5.66. The summed E-state index contributed by atoms with van der Waals surface area (Å²) in [5, 5.41) is 4.77. The third-order valence-electron chi connectivity index (χ3n) is 4.18. The van der Waals surface area contributed by atoms with Crippen LogP contribution in [0.25, 0.3) is 10.9 Å². The zero-order chi connectivity index (χ0) is 16.8. The molecule has 0 atom stereocenters. The van der Waals surface area contributed by atoms with Crippen molar-refractivity contribution < 1.29 is 9.59 Å². The molecule has 6 nitrogen and oxygen atoms in total. The van der Waals surface area contributed by atoms with Gasteiger partial charge in [-0.3, -0.25) is 19.3 Å². The fourth-order valence-electron chi connectivity index (χ4n) is 2.98. The van der Waals surface area contributed by atoms with Crippen molar-refractivity contribution in [2.24, 2.45) is 0 Å². The molecule has 0 spiro atoms. The molecular formula is C18H13N3O3.